The second kappa shape index (κ2) is 6.60. The number of nitrogens with one attached hydrogen (secondary N) is 1. The fraction of sp³-hybridized carbons (Fsp3) is 0.538. The van der Waals surface area contributed by atoms with Crippen LogP contribution in [0.3, 0.4) is 0 Å². The highest BCUT2D eigenvalue weighted by atomic mass is 19.2. The zero-order chi connectivity index (χ0) is 14.5. The quantitative estimate of drug-likeness (QED) is 0.667. The summed E-state index contributed by atoms with van der Waals surface area (Å²) < 4.78 is 31.8. The Morgan fingerprint density at radius 3 is 2.85 bits per heavy atom. The van der Waals surface area contributed by atoms with Crippen LogP contribution < -0.4 is 10.1 Å². The van der Waals surface area contributed by atoms with Gasteiger partial charge in [-0.3, -0.25) is 10.1 Å². The molecule has 1 aromatic carbocycles. The molecule has 1 aromatic rings. The van der Waals surface area contributed by atoms with Gasteiger partial charge < -0.3 is 10.1 Å². The summed E-state index contributed by atoms with van der Waals surface area (Å²) in [5.41, 5.74) is -0.555. The van der Waals surface area contributed by atoms with Crippen LogP contribution in [0.25, 0.3) is 0 Å². The fourth-order valence-corrected chi connectivity index (χ4v) is 2.28. The van der Waals surface area contributed by atoms with Gasteiger partial charge in [0.05, 0.1) is 11.5 Å². The first-order valence-corrected chi connectivity index (χ1v) is 6.58. The number of ether oxygens (including phenoxy) is 1. The van der Waals surface area contributed by atoms with E-state index in [2.05, 4.69) is 5.32 Å². The summed E-state index contributed by atoms with van der Waals surface area (Å²) in [6.07, 6.45) is 3.84. The van der Waals surface area contributed by atoms with Crippen molar-refractivity contribution in [3.05, 3.63) is 33.9 Å². The van der Waals surface area contributed by atoms with Gasteiger partial charge in [-0.25, -0.2) is 4.39 Å². The van der Waals surface area contributed by atoms with E-state index >= 15 is 0 Å². The molecule has 0 saturated carbocycles. The lowest BCUT2D eigenvalue weighted by molar-refractivity contribution is -0.386. The second-order valence-electron chi connectivity index (χ2n) is 4.75. The SMILES string of the molecule is O=[N+]([O-])c1ccc(F)c(F)c1OCCC1CCCCN1. The van der Waals surface area contributed by atoms with Crippen molar-refractivity contribution < 1.29 is 18.4 Å². The van der Waals surface area contributed by atoms with Gasteiger partial charge in [0.15, 0.2) is 5.82 Å². The van der Waals surface area contributed by atoms with Crippen molar-refractivity contribution in [1.82, 2.24) is 5.32 Å². The lowest BCUT2D eigenvalue weighted by atomic mass is 10.0. The van der Waals surface area contributed by atoms with E-state index < -0.39 is 28.0 Å². The van der Waals surface area contributed by atoms with Gasteiger partial charge in [0.1, 0.15) is 0 Å². The number of rotatable bonds is 5. The van der Waals surface area contributed by atoms with Crippen LogP contribution in [0.4, 0.5) is 14.5 Å². The molecular weight excluding hydrogens is 270 g/mol. The molecule has 5 nitrogen and oxygen atoms in total. The van der Waals surface area contributed by atoms with Crippen LogP contribution in [0.5, 0.6) is 5.75 Å². The smallest absolute Gasteiger partial charge is 0.314 e. The number of benzene rings is 1. The Morgan fingerprint density at radius 1 is 1.40 bits per heavy atom. The highest BCUT2D eigenvalue weighted by Gasteiger charge is 2.23. The van der Waals surface area contributed by atoms with Gasteiger partial charge in [-0.15, -0.1) is 0 Å². The zero-order valence-electron chi connectivity index (χ0n) is 10.9. The molecule has 0 spiro atoms. The standard InChI is InChI=1S/C13H16F2N2O3/c14-10-4-5-11(17(18)19)13(12(10)15)20-8-6-9-3-1-2-7-16-9/h4-5,9,16H,1-3,6-8H2. The number of nitro benzene ring substituents is 1. The van der Waals surface area contributed by atoms with E-state index in [4.69, 9.17) is 4.74 Å². The van der Waals surface area contributed by atoms with Gasteiger partial charge >= 0.3 is 5.69 Å². The molecule has 110 valence electrons. The van der Waals surface area contributed by atoms with Crippen molar-refractivity contribution in [3.63, 3.8) is 0 Å². The van der Waals surface area contributed by atoms with Gasteiger partial charge in [-0.1, -0.05) is 6.42 Å². The van der Waals surface area contributed by atoms with E-state index in [0.29, 0.717) is 6.42 Å². The van der Waals surface area contributed by atoms with Gasteiger partial charge in [0.25, 0.3) is 0 Å². The molecule has 0 amide bonds. The first-order valence-electron chi connectivity index (χ1n) is 6.58. The highest BCUT2D eigenvalue weighted by molar-refractivity contribution is 5.47. The summed E-state index contributed by atoms with van der Waals surface area (Å²) in [5.74, 6) is -3.08. The van der Waals surface area contributed by atoms with Crippen LogP contribution >= 0.6 is 0 Å². The van der Waals surface area contributed by atoms with Crippen LogP contribution in [0, 0.1) is 21.7 Å². The van der Waals surface area contributed by atoms with Crippen LogP contribution in [0.2, 0.25) is 0 Å². The third-order valence-electron chi connectivity index (χ3n) is 3.35. The molecule has 1 fully saturated rings. The maximum Gasteiger partial charge on any atom is 0.314 e. The predicted molar refractivity (Wildman–Crippen MR) is 68.8 cm³/mol. The minimum absolute atomic E-state index is 0.110. The van der Waals surface area contributed by atoms with Crippen molar-refractivity contribution in [2.24, 2.45) is 0 Å². The molecule has 1 N–H and O–H groups in total. The molecule has 0 radical (unpaired) electrons. The average molecular weight is 286 g/mol. The van der Waals surface area contributed by atoms with Crippen LogP contribution in [0.1, 0.15) is 25.7 Å². The third-order valence-corrected chi connectivity index (χ3v) is 3.35. The molecule has 0 aliphatic carbocycles. The zero-order valence-corrected chi connectivity index (χ0v) is 10.9. The normalized spacial score (nSPS) is 18.8. The molecule has 20 heavy (non-hydrogen) atoms. The number of piperidine rings is 1. The number of hydrogen-bond donors (Lipinski definition) is 1. The van der Waals surface area contributed by atoms with E-state index in [9.17, 15) is 18.9 Å². The van der Waals surface area contributed by atoms with Crippen LogP contribution in [-0.4, -0.2) is 24.1 Å². The van der Waals surface area contributed by atoms with Crippen LogP contribution in [-0.2, 0) is 0 Å². The minimum Gasteiger partial charge on any atom is -0.485 e. The summed E-state index contributed by atoms with van der Waals surface area (Å²) in [6.45, 7) is 1.04. The van der Waals surface area contributed by atoms with Gasteiger partial charge in [-0.05, 0) is 31.9 Å². The molecular formula is C13H16F2N2O3. The fourth-order valence-electron chi connectivity index (χ4n) is 2.28. The number of nitro groups is 1. The summed E-state index contributed by atoms with van der Waals surface area (Å²) in [6, 6.07) is 1.90. The molecule has 0 bridgehead atoms. The van der Waals surface area contributed by atoms with Crippen molar-refractivity contribution in [3.8, 4) is 5.75 Å². The average Bonchev–Trinajstić information content (AvgIpc) is 2.44. The Hall–Kier alpha value is -1.76. The molecule has 1 aliphatic heterocycles. The summed E-state index contributed by atoms with van der Waals surface area (Å²) in [7, 11) is 0. The Labute approximate surface area is 115 Å². The van der Waals surface area contributed by atoms with Crippen molar-refractivity contribution in [1.29, 1.82) is 0 Å². The molecule has 1 unspecified atom stereocenters. The van der Waals surface area contributed by atoms with Gasteiger partial charge in [0, 0.05) is 12.1 Å². The van der Waals surface area contributed by atoms with Crippen molar-refractivity contribution in [2.75, 3.05) is 13.2 Å². The first kappa shape index (κ1) is 14.6. The lowest BCUT2D eigenvalue weighted by Crippen LogP contribution is -2.35. The van der Waals surface area contributed by atoms with Crippen LogP contribution in [0.15, 0.2) is 12.1 Å². The molecule has 0 aromatic heterocycles. The monoisotopic (exact) mass is 286 g/mol. The molecule has 1 atom stereocenters. The van der Waals surface area contributed by atoms with E-state index in [1.54, 1.807) is 0 Å². The first-order chi connectivity index (χ1) is 9.59. The minimum atomic E-state index is -1.31. The third kappa shape index (κ3) is 3.41. The molecule has 1 saturated heterocycles. The predicted octanol–water partition coefficient (Wildman–Crippen LogP) is 2.78. The van der Waals surface area contributed by atoms with Gasteiger partial charge in [0.2, 0.25) is 11.6 Å². The Bertz CT molecular complexity index is 491. The van der Waals surface area contributed by atoms with Crippen molar-refractivity contribution >= 4 is 5.69 Å². The van der Waals surface area contributed by atoms with E-state index in [0.717, 1.165) is 37.9 Å². The lowest BCUT2D eigenvalue weighted by Gasteiger charge is -2.23. The number of hydrogen-bond acceptors (Lipinski definition) is 4. The van der Waals surface area contributed by atoms with Crippen molar-refractivity contribution in [2.45, 2.75) is 31.7 Å². The Morgan fingerprint density at radius 2 is 2.20 bits per heavy atom. The number of halogens is 2. The largest absolute Gasteiger partial charge is 0.485 e. The maximum absolute atomic E-state index is 13.6. The second-order valence-corrected chi connectivity index (χ2v) is 4.75. The maximum atomic E-state index is 13.6. The molecule has 2 rings (SSSR count). The topological polar surface area (TPSA) is 64.4 Å². The summed E-state index contributed by atoms with van der Waals surface area (Å²) in [5, 5.41) is 14.1. The molecule has 1 aliphatic rings. The van der Waals surface area contributed by atoms with Gasteiger partial charge in [-0.2, -0.15) is 4.39 Å². The summed E-state index contributed by atoms with van der Waals surface area (Å²) >= 11 is 0. The number of nitrogens with zero attached hydrogens (tertiary/aromatic N) is 1. The van der Waals surface area contributed by atoms with E-state index in [1.165, 1.54) is 0 Å². The molecule has 7 heteroatoms. The van der Waals surface area contributed by atoms with E-state index in [-0.39, 0.29) is 12.6 Å². The van der Waals surface area contributed by atoms with E-state index in [1.807, 2.05) is 0 Å². The Kier molecular flexibility index (Phi) is 4.84. The summed E-state index contributed by atoms with van der Waals surface area (Å²) in [4.78, 5) is 9.99. The molecule has 1 heterocycles. The Balaban J connectivity index is 2.00. The highest BCUT2D eigenvalue weighted by Crippen LogP contribution is 2.31.